The van der Waals surface area contributed by atoms with Gasteiger partial charge in [-0.3, -0.25) is 4.57 Å². The van der Waals surface area contributed by atoms with Crippen molar-refractivity contribution in [2.75, 3.05) is 13.2 Å². The first kappa shape index (κ1) is 19.1. The van der Waals surface area contributed by atoms with Crippen molar-refractivity contribution in [1.82, 2.24) is 0 Å². The first-order valence-electron chi connectivity index (χ1n) is 8.65. The highest BCUT2D eigenvalue weighted by Crippen LogP contribution is 2.57. The van der Waals surface area contributed by atoms with Gasteiger partial charge >= 0.3 is 7.60 Å². The van der Waals surface area contributed by atoms with Crippen molar-refractivity contribution in [3.63, 3.8) is 0 Å². The van der Waals surface area contributed by atoms with E-state index in [-0.39, 0.29) is 13.2 Å². The lowest BCUT2D eigenvalue weighted by Gasteiger charge is -2.19. The lowest BCUT2D eigenvalue weighted by atomic mass is 9.88. The Morgan fingerprint density at radius 3 is 2.21 bits per heavy atom. The van der Waals surface area contributed by atoms with Crippen LogP contribution in [0.15, 0.2) is 47.5 Å². The molecular formula is C19H26FO3P. The van der Waals surface area contributed by atoms with Crippen molar-refractivity contribution in [1.29, 1.82) is 0 Å². The van der Waals surface area contributed by atoms with Crippen LogP contribution in [0.1, 0.15) is 51.5 Å². The van der Waals surface area contributed by atoms with Crippen LogP contribution in [0.2, 0.25) is 0 Å². The Morgan fingerprint density at radius 2 is 1.67 bits per heavy atom. The van der Waals surface area contributed by atoms with Gasteiger partial charge in [-0.05, 0) is 56.7 Å². The Morgan fingerprint density at radius 1 is 1.08 bits per heavy atom. The Kier molecular flexibility index (Phi) is 7.41. The number of halogens is 1. The SMILES string of the molecule is CCOP(=O)(OCC)/C(F)=C/C(=C1CCCCC1)c1ccccc1. The van der Waals surface area contributed by atoms with Gasteiger partial charge in [-0.15, -0.1) is 0 Å². The maximum atomic E-state index is 14.8. The van der Waals surface area contributed by atoms with E-state index < -0.39 is 13.2 Å². The van der Waals surface area contributed by atoms with Crippen molar-refractivity contribution in [3.8, 4) is 0 Å². The molecule has 0 spiro atoms. The van der Waals surface area contributed by atoms with Gasteiger partial charge in [0, 0.05) is 0 Å². The van der Waals surface area contributed by atoms with Crippen molar-refractivity contribution >= 4 is 13.2 Å². The molecule has 1 fully saturated rings. The Labute approximate surface area is 144 Å². The first-order chi connectivity index (χ1) is 11.6. The second kappa shape index (κ2) is 9.31. The molecule has 0 atom stereocenters. The zero-order valence-corrected chi connectivity index (χ0v) is 15.4. The monoisotopic (exact) mass is 352 g/mol. The fourth-order valence-corrected chi connectivity index (χ4v) is 4.24. The minimum Gasteiger partial charge on any atom is -0.304 e. The van der Waals surface area contributed by atoms with E-state index in [9.17, 15) is 8.96 Å². The topological polar surface area (TPSA) is 35.5 Å². The summed E-state index contributed by atoms with van der Waals surface area (Å²) in [5, 5.41) is 0. The molecule has 1 aliphatic carbocycles. The number of hydrogen-bond donors (Lipinski definition) is 0. The van der Waals surface area contributed by atoms with Crippen LogP contribution in [0.3, 0.4) is 0 Å². The lowest BCUT2D eigenvalue weighted by molar-refractivity contribution is 0.220. The minimum absolute atomic E-state index is 0.135. The molecule has 2 rings (SSSR count). The van der Waals surface area contributed by atoms with Gasteiger partial charge in [0.15, 0.2) is 0 Å². The van der Waals surface area contributed by atoms with Crippen molar-refractivity contribution in [2.24, 2.45) is 0 Å². The molecule has 132 valence electrons. The maximum absolute atomic E-state index is 14.8. The van der Waals surface area contributed by atoms with Crippen LogP contribution >= 0.6 is 7.60 Å². The Hall–Kier alpha value is -1.22. The summed E-state index contributed by atoms with van der Waals surface area (Å²) in [7, 11) is -3.88. The molecule has 1 aromatic carbocycles. The molecule has 0 N–H and O–H groups in total. The summed E-state index contributed by atoms with van der Waals surface area (Å²) in [6, 6.07) is 9.68. The first-order valence-corrected chi connectivity index (χ1v) is 10.2. The summed E-state index contributed by atoms with van der Waals surface area (Å²) in [4.78, 5) is 0. The number of rotatable bonds is 7. The van der Waals surface area contributed by atoms with Crippen molar-refractivity contribution < 1.29 is 18.0 Å². The summed E-state index contributed by atoms with van der Waals surface area (Å²) in [6.45, 7) is 3.62. The van der Waals surface area contributed by atoms with E-state index in [1.54, 1.807) is 13.8 Å². The van der Waals surface area contributed by atoms with Crippen molar-refractivity contribution in [3.05, 3.63) is 53.1 Å². The zero-order chi connectivity index (χ0) is 17.4. The Bertz CT molecular complexity index is 619. The van der Waals surface area contributed by atoms with Gasteiger partial charge in [-0.2, -0.15) is 4.39 Å². The molecule has 1 aromatic rings. The van der Waals surface area contributed by atoms with E-state index in [1.807, 2.05) is 30.3 Å². The van der Waals surface area contributed by atoms with Crippen LogP contribution in [0.4, 0.5) is 4.39 Å². The normalized spacial score (nSPS) is 16.3. The largest absolute Gasteiger partial charge is 0.389 e. The third kappa shape index (κ3) is 4.89. The third-order valence-corrected chi connectivity index (χ3v) is 5.89. The van der Waals surface area contributed by atoms with Gasteiger partial charge in [0.2, 0.25) is 5.57 Å². The highest BCUT2D eigenvalue weighted by Gasteiger charge is 2.31. The average molecular weight is 352 g/mol. The highest BCUT2D eigenvalue weighted by molar-refractivity contribution is 7.58. The van der Waals surface area contributed by atoms with E-state index in [4.69, 9.17) is 9.05 Å². The smallest absolute Gasteiger partial charge is 0.304 e. The van der Waals surface area contributed by atoms with Gasteiger partial charge in [-0.1, -0.05) is 42.3 Å². The maximum Gasteiger partial charge on any atom is 0.389 e. The van der Waals surface area contributed by atoms with Crippen LogP contribution < -0.4 is 0 Å². The van der Waals surface area contributed by atoms with E-state index in [0.717, 1.165) is 36.8 Å². The third-order valence-electron chi connectivity index (χ3n) is 4.05. The molecule has 0 saturated heterocycles. The molecule has 3 nitrogen and oxygen atoms in total. The minimum atomic E-state index is -3.88. The van der Waals surface area contributed by atoms with Crippen LogP contribution in [-0.4, -0.2) is 13.2 Å². The number of hydrogen-bond acceptors (Lipinski definition) is 3. The molecule has 0 unspecified atom stereocenters. The predicted octanol–water partition coefficient (Wildman–Crippen LogP) is 6.48. The van der Waals surface area contributed by atoms with Gasteiger partial charge in [0.1, 0.15) is 0 Å². The average Bonchev–Trinajstić information content (AvgIpc) is 2.61. The fraction of sp³-hybridized carbons (Fsp3) is 0.474. The van der Waals surface area contributed by atoms with Gasteiger partial charge in [0.25, 0.3) is 0 Å². The van der Waals surface area contributed by atoms with E-state index in [0.29, 0.717) is 0 Å². The molecular weight excluding hydrogens is 326 g/mol. The summed E-state index contributed by atoms with van der Waals surface area (Å²) < 4.78 is 37.7. The Balaban J connectivity index is 2.46. The molecule has 1 saturated carbocycles. The van der Waals surface area contributed by atoms with E-state index in [2.05, 4.69) is 0 Å². The molecule has 0 radical (unpaired) electrons. The van der Waals surface area contributed by atoms with Gasteiger partial charge in [0.05, 0.1) is 13.2 Å². The van der Waals surface area contributed by atoms with Crippen LogP contribution in [0, 0.1) is 0 Å². The van der Waals surface area contributed by atoms with Crippen LogP contribution in [0.25, 0.3) is 5.57 Å². The predicted molar refractivity (Wildman–Crippen MR) is 96.5 cm³/mol. The summed E-state index contributed by atoms with van der Waals surface area (Å²) in [6.07, 6.45) is 6.67. The zero-order valence-electron chi connectivity index (χ0n) is 14.5. The molecule has 0 bridgehead atoms. The molecule has 0 amide bonds. The highest BCUT2D eigenvalue weighted by atomic mass is 31.2. The van der Waals surface area contributed by atoms with Crippen LogP contribution in [0.5, 0.6) is 0 Å². The molecule has 24 heavy (non-hydrogen) atoms. The second-order valence-electron chi connectivity index (χ2n) is 5.74. The molecule has 1 aliphatic rings. The quantitative estimate of drug-likeness (QED) is 0.527. The second-order valence-corrected chi connectivity index (χ2v) is 7.68. The number of benzene rings is 1. The van der Waals surface area contributed by atoms with Crippen LogP contribution in [-0.2, 0) is 13.6 Å². The summed E-state index contributed by atoms with van der Waals surface area (Å²) >= 11 is 0. The van der Waals surface area contributed by atoms with E-state index >= 15 is 0 Å². The van der Waals surface area contributed by atoms with Crippen molar-refractivity contribution in [2.45, 2.75) is 46.0 Å². The van der Waals surface area contributed by atoms with E-state index in [1.165, 1.54) is 18.1 Å². The summed E-state index contributed by atoms with van der Waals surface area (Å²) in [5.41, 5.74) is 2.14. The van der Waals surface area contributed by atoms with Gasteiger partial charge < -0.3 is 9.05 Å². The van der Waals surface area contributed by atoms with Gasteiger partial charge in [-0.25, -0.2) is 0 Å². The molecule has 5 heteroatoms. The fourth-order valence-electron chi connectivity index (χ4n) is 2.95. The molecule has 0 aliphatic heterocycles. The standard InChI is InChI=1S/C19H26FO3P/c1-3-22-24(21,23-4-2)19(20)15-18(16-11-7-5-8-12-16)17-13-9-6-10-14-17/h5,7-8,11-12,15H,3-4,6,9-10,13-14H2,1-2H3/b19-15+. The number of allylic oxidation sites excluding steroid dienone is 3. The molecule has 0 aromatic heterocycles. The molecule has 0 heterocycles. The lowest BCUT2D eigenvalue weighted by Crippen LogP contribution is -2.00. The summed E-state index contributed by atoms with van der Waals surface area (Å²) in [5.74, 6) is 0.